The molecule has 0 radical (unpaired) electrons. The predicted octanol–water partition coefficient (Wildman–Crippen LogP) is 3.22. The van der Waals surface area contributed by atoms with Crippen LogP contribution in [0.1, 0.15) is 52.9 Å². The molecule has 0 spiro atoms. The Morgan fingerprint density at radius 2 is 2.12 bits per heavy atom. The fourth-order valence-corrected chi connectivity index (χ4v) is 3.09. The maximum atomic E-state index is 5.39. The summed E-state index contributed by atoms with van der Waals surface area (Å²) in [5, 5.41) is 3.67. The molecule has 0 amide bonds. The molecular weight excluding hydrogens is 198 g/mol. The van der Waals surface area contributed by atoms with Gasteiger partial charge in [0.15, 0.2) is 0 Å². The maximum absolute atomic E-state index is 5.39. The Balaban J connectivity index is 2.59. The predicted molar refractivity (Wildman–Crippen MR) is 69.7 cm³/mol. The molecule has 2 unspecified atom stereocenters. The van der Waals surface area contributed by atoms with E-state index in [2.05, 4.69) is 26.1 Å². The Labute approximate surface area is 101 Å². The molecule has 16 heavy (non-hydrogen) atoms. The summed E-state index contributed by atoms with van der Waals surface area (Å²) in [7, 11) is 1.82. The summed E-state index contributed by atoms with van der Waals surface area (Å²) in [5.74, 6) is 0.771. The SMILES string of the molecule is CCCNC(COC)C1CCCCC1(C)C. The fourth-order valence-electron chi connectivity index (χ4n) is 3.09. The molecule has 1 aliphatic rings. The van der Waals surface area contributed by atoms with Gasteiger partial charge in [-0.3, -0.25) is 0 Å². The van der Waals surface area contributed by atoms with Crippen LogP contribution in [0.5, 0.6) is 0 Å². The van der Waals surface area contributed by atoms with Crippen LogP contribution in [0.25, 0.3) is 0 Å². The summed E-state index contributed by atoms with van der Waals surface area (Å²) in [5.41, 5.74) is 0.474. The van der Waals surface area contributed by atoms with Crippen molar-refractivity contribution in [1.82, 2.24) is 5.32 Å². The van der Waals surface area contributed by atoms with Crippen molar-refractivity contribution in [3.63, 3.8) is 0 Å². The Kier molecular flexibility index (Phi) is 5.77. The lowest BCUT2D eigenvalue weighted by Crippen LogP contribution is -2.47. The van der Waals surface area contributed by atoms with Gasteiger partial charge < -0.3 is 10.1 Å². The van der Waals surface area contributed by atoms with Crippen LogP contribution in [0.15, 0.2) is 0 Å². The molecule has 1 saturated carbocycles. The van der Waals surface area contributed by atoms with E-state index < -0.39 is 0 Å². The monoisotopic (exact) mass is 227 g/mol. The van der Waals surface area contributed by atoms with Gasteiger partial charge in [0, 0.05) is 13.2 Å². The molecule has 1 N–H and O–H groups in total. The highest BCUT2D eigenvalue weighted by molar-refractivity contribution is 4.90. The van der Waals surface area contributed by atoms with Crippen molar-refractivity contribution in [3.05, 3.63) is 0 Å². The maximum Gasteiger partial charge on any atom is 0.0618 e. The largest absolute Gasteiger partial charge is 0.383 e. The molecule has 1 rings (SSSR count). The first-order valence-corrected chi connectivity index (χ1v) is 6.84. The van der Waals surface area contributed by atoms with Crippen molar-refractivity contribution in [2.75, 3.05) is 20.3 Å². The van der Waals surface area contributed by atoms with Gasteiger partial charge in [0.25, 0.3) is 0 Å². The second-order valence-electron chi connectivity index (χ2n) is 5.86. The molecule has 1 fully saturated rings. The molecule has 0 bridgehead atoms. The third-order valence-electron chi connectivity index (χ3n) is 4.08. The van der Waals surface area contributed by atoms with Crippen LogP contribution < -0.4 is 5.32 Å². The van der Waals surface area contributed by atoms with Crippen LogP contribution in [0, 0.1) is 11.3 Å². The highest BCUT2D eigenvalue weighted by Crippen LogP contribution is 2.42. The summed E-state index contributed by atoms with van der Waals surface area (Å²) >= 11 is 0. The normalized spacial score (nSPS) is 26.6. The second kappa shape index (κ2) is 6.61. The molecule has 96 valence electrons. The van der Waals surface area contributed by atoms with E-state index in [0.717, 1.165) is 19.1 Å². The number of nitrogens with one attached hydrogen (secondary N) is 1. The highest BCUT2D eigenvalue weighted by atomic mass is 16.5. The fraction of sp³-hybridized carbons (Fsp3) is 1.00. The summed E-state index contributed by atoms with van der Waals surface area (Å²) < 4.78 is 5.39. The molecule has 2 nitrogen and oxygen atoms in total. The van der Waals surface area contributed by atoms with Crippen LogP contribution >= 0.6 is 0 Å². The lowest BCUT2D eigenvalue weighted by Gasteiger charge is -2.43. The minimum absolute atomic E-state index is 0.474. The van der Waals surface area contributed by atoms with Crippen LogP contribution in [0.4, 0.5) is 0 Å². The van der Waals surface area contributed by atoms with E-state index in [1.54, 1.807) is 0 Å². The van der Waals surface area contributed by atoms with E-state index in [9.17, 15) is 0 Å². The first-order valence-electron chi connectivity index (χ1n) is 6.84. The molecule has 0 aromatic carbocycles. The van der Waals surface area contributed by atoms with Gasteiger partial charge in [0.1, 0.15) is 0 Å². The Morgan fingerprint density at radius 3 is 2.69 bits per heavy atom. The van der Waals surface area contributed by atoms with Crippen molar-refractivity contribution in [1.29, 1.82) is 0 Å². The minimum Gasteiger partial charge on any atom is -0.383 e. The van der Waals surface area contributed by atoms with Crippen molar-refractivity contribution in [2.24, 2.45) is 11.3 Å². The van der Waals surface area contributed by atoms with E-state index in [0.29, 0.717) is 11.5 Å². The van der Waals surface area contributed by atoms with Gasteiger partial charge in [0.05, 0.1) is 6.61 Å². The number of methoxy groups -OCH3 is 1. The number of ether oxygens (including phenoxy) is 1. The van der Waals surface area contributed by atoms with E-state index in [1.165, 1.54) is 32.1 Å². The topological polar surface area (TPSA) is 21.3 Å². The molecule has 0 aromatic rings. The van der Waals surface area contributed by atoms with Crippen LogP contribution in [-0.4, -0.2) is 26.3 Å². The average Bonchev–Trinajstić information content (AvgIpc) is 2.24. The zero-order valence-corrected chi connectivity index (χ0v) is 11.5. The third kappa shape index (κ3) is 3.74. The summed E-state index contributed by atoms with van der Waals surface area (Å²) in [4.78, 5) is 0. The van der Waals surface area contributed by atoms with E-state index in [-0.39, 0.29) is 0 Å². The summed E-state index contributed by atoms with van der Waals surface area (Å²) in [6.07, 6.45) is 6.72. The second-order valence-corrected chi connectivity index (χ2v) is 5.86. The van der Waals surface area contributed by atoms with Crippen LogP contribution in [0.3, 0.4) is 0 Å². The number of hydrogen-bond acceptors (Lipinski definition) is 2. The standard InChI is InChI=1S/C14H29NO/c1-5-10-15-13(11-16-4)12-8-6-7-9-14(12,2)3/h12-13,15H,5-11H2,1-4H3. The van der Waals surface area contributed by atoms with Crippen molar-refractivity contribution >= 4 is 0 Å². The van der Waals surface area contributed by atoms with Gasteiger partial charge in [-0.1, -0.05) is 33.6 Å². The zero-order chi connectivity index (χ0) is 12.0. The van der Waals surface area contributed by atoms with Crippen molar-refractivity contribution < 1.29 is 4.74 Å². The van der Waals surface area contributed by atoms with E-state index in [1.807, 2.05) is 7.11 Å². The summed E-state index contributed by atoms with van der Waals surface area (Å²) in [6, 6.07) is 0.542. The smallest absolute Gasteiger partial charge is 0.0618 e. The molecule has 2 atom stereocenters. The minimum atomic E-state index is 0.474. The van der Waals surface area contributed by atoms with Gasteiger partial charge in [0.2, 0.25) is 0 Å². The number of hydrogen-bond donors (Lipinski definition) is 1. The lowest BCUT2D eigenvalue weighted by atomic mass is 9.66. The zero-order valence-electron chi connectivity index (χ0n) is 11.5. The Hall–Kier alpha value is -0.0800. The molecule has 0 aromatic heterocycles. The van der Waals surface area contributed by atoms with Gasteiger partial charge in [-0.2, -0.15) is 0 Å². The van der Waals surface area contributed by atoms with Crippen molar-refractivity contribution in [3.8, 4) is 0 Å². The van der Waals surface area contributed by atoms with Crippen molar-refractivity contribution in [2.45, 2.75) is 58.9 Å². The molecule has 1 aliphatic carbocycles. The van der Waals surface area contributed by atoms with E-state index >= 15 is 0 Å². The Morgan fingerprint density at radius 1 is 1.38 bits per heavy atom. The van der Waals surface area contributed by atoms with Crippen LogP contribution in [0.2, 0.25) is 0 Å². The third-order valence-corrected chi connectivity index (χ3v) is 4.08. The summed E-state index contributed by atoms with van der Waals surface area (Å²) in [6.45, 7) is 9.04. The molecule has 0 heterocycles. The molecular formula is C14H29NO. The quantitative estimate of drug-likeness (QED) is 0.752. The highest BCUT2D eigenvalue weighted by Gasteiger charge is 2.37. The van der Waals surface area contributed by atoms with Gasteiger partial charge in [-0.05, 0) is 37.1 Å². The molecule has 2 heteroatoms. The van der Waals surface area contributed by atoms with Gasteiger partial charge in [-0.25, -0.2) is 0 Å². The molecule has 0 aliphatic heterocycles. The lowest BCUT2D eigenvalue weighted by molar-refractivity contribution is 0.0541. The Bertz CT molecular complexity index is 191. The first-order chi connectivity index (χ1) is 7.61. The van der Waals surface area contributed by atoms with Gasteiger partial charge >= 0.3 is 0 Å². The van der Waals surface area contributed by atoms with Crippen LogP contribution in [-0.2, 0) is 4.74 Å². The van der Waals surface area contributed by atoms with Gasteiger partial charge in [-0.15, -0.1) is 0 Å². The molecule has 0 saturated heterocycles. The average molecular weight is 227 g/mol. The number of rotatable bonds is 6. The first kappa shape index (κ1) is 14.0. The van der Waals surface area contributed by atoms with E-state index in [4.69, 9.17) is 4.74 Å².